The van der Waals surface area contributed by atoms with Gasteiger partial charge in [-0.25, -0.2) is 4.98 Å². The zero-order valence-corrected chi connectivity index (χ0v) is 13.3. The summed E-state index contributed by atoms with van der Waals surface area (Å²) in [5, 5.41) is 6.74. The van der Waals surface area contributed by atoms with Crippen LogP contribution in [0.2, 0.25) is 0 Å². The largest absolute Gasteiger partial charge is 0.497 e. The summed E-state index contributed by atoms with van der Waals surface area (Å²) in [7, 11) is 1.69. The first-order valence-corrected chi connectivity index (χ1v) is 8.20. The molecule has 1 unspecified atom stereocenters. The van der Waals surface area contributed by atoms with E-state index >= 15 is 0 Å². The van der Waals surface area contributed by atoms with Crippen molar-refractivity contribution in [3.05, 3.63) is 34.7 Å². The van der Waals surface area contributed by atoms with Gasteiger partial charge in [0.1, 0.15) is 10.8 Å². The first-order chi connectivity index (χ1) is 10.3. The van der Waals surface area contributed by atoms with Gasteiger partial charge >= 0.3 is 0 Å². The number of hydrogen-bond donors (Lipinski definition) is 1. The number of thiazole rings is 1. The van der Waals surface area contributed by atoms with Gasteiger partial charge in [-0.1, -0.05) is 0 Å². The molecule has 0 radical (unpaired) electrons. The molecular weight excluding hydrogens is 282 g/mol. The molecule has 1 aliphatic heterocycles. The maximum absolute atomic E-state index is 5.20. The number of rotatable bonds is 4. The van der Waals surface area contributed by atoms with Crippen LogP contribution in [0.3, 0.4) is 0 Å². The molecule has 4 nitrogen and oxygen atoms in total. The Morgan fingerprint density at radius 3 is 2.62 bits per heavy atom. The zero-order chi connectivity index (χ0) is 14.7. The molecule has 5 heteroatoms. The average molecular weight is 303 g/mol. The molecule has 1 fully saturated rings. The average Bonchev–Trinajstić information content (AvgIpc) is 3.05. The van der Waals surface area contributed by atoms with Crippen molar-refractivity contribution in [2.45, 2.75) is 13.0 Å². The molecule has 1 aliphatic rings. The molecule has 112 valence electrons. The predicted octanol–water partition coefficient (Wildman–Crippen LogP) is 2.78. The van der Waals surface area contributed by atoms with Crippen molar-refractivity contribution in [1.82, 2.24) is 15.2 Å². The van der Waals surface area contributed by atoms with Gasteiger partial charge in [-0.15, -0.1) is 11.3 Å². The number of nitrogens with zero attached hydrogens (tertiary/aromatic N) is 2. The second kappa shape index (κ2) is 6.56. The van der Waals surface area contributed by atoms with E-state index in [0.29, 0.717) is 6.04 Å². The maximum atomic E-state index is 5.20. The first-order valence-electron chi connectivity index (χ1n) is 7.32. The zero-order valence-electron chi connectivity index (χ0n) is 12.5. The minimum atomic E-state index is 0.393. The van der Waals surface area contributed by atoms with Crippen LogP contribution in [0.15, 0.2) is 29.6 Å². The molecule has 1 aromatic heterocycles. The number of piperazine rings is 1. The summed E-state index contributed by atoms with van der Waals surface area (Å²) in [4.78, 5) is 7.32. The fourth-order valence-corrected chi connectivity index (χ4v) is 3.52. The van der Waals surface area contributed by atoms with Gasteiger partial charge in [-0.3, -0.25) is 4.90 Å². The lowest BCUT2D eigenvalue weighted by atomic mass is 10.1. The Labute approximate surface area is 129 Å². The summed E-state index contributed by atoms with van der Waals surface area (Å²) in [6.45, 7) is 6.58. The van der Waals surface area contributed by atoms with Crippen LogP contribution in [-0.2, 0) is 0 Å². The predicted molar refractivity (Wildman–Crippen MR) is 87.0 cm³/mol. The van der Waals surface area contributed by atoms with Crippen LogP contribution in [0.4, 0.5) is 0 Å². The van der Waals surface area contributed by atoms with Gasteiger partial charge in [0.25, 0.3) is 0 Å². The fourth-order valence-electron chi connectivity index (χ4n) is 2.60. The highest BCUT2D eigenvalue weighted by Crippen LogP contribution is 2.29. The minimum absolute atomic E-state index is 0.393. The van der Waals surface area contributed by atoms with Crippen LogP contribution in [-0.4, -0.2) is 43.2 Å². The summed E-state index contributed by atoms with van der Waals surface area (Å²) in [5.41, 5.74) is 2.20. The molecule has 1 saturated heterocycles. The van der Waals surface area contributed by atoms with Gasteiger partial charge in [-0.2, -0.15) is 0 Å². The van der Waals surface area contributed by atoms with Crippen molar-refractivity contribution in [2.75, 3.05) is 33.3 Å². The molecule has 1 N–H and O–H groups in total. The van der Waals surface area contributed by atoms with Gasteiger partial charge in [0.15, 0.2) is 0 Å². The van der Waals surface area contributed by atoms with Crippen LogP contribution < -0.4 is 10.1 Å². The molecule has 0 amide bonds. The molecule has 21 heavy (non-hydrogen) atoms. The van der Waals surface area contributed by atoms with Crippen LogP contribution in [0.1, 0.15) is 18.0 Å². The Morgan fingerprint density at radius 2 is 1.95 bits per heavy atom. The Hall–Kier alpha value is -1.43. The second-order valence-corrected chi connectivity index (χ2v) is 6.15. The standard InChI is InChI=1S/C16H21N3OS/c1-12(19-9-7-17-8-10-19)16-18-15(11-21-16)13-3-5-14(20-2)6-4-13/h3-6,11-12,17H,7-10H2,1-2H3. The number of benzene rings is 1. The number of hydrogen-bond acceptors (Lipinski definition) is 5. The van der Waals surface area contributed by atoms with Gasteiger partial charge in [0.05, 0.1) is 18.8 Å². The third-order valence-corrected chi connectivity index (χ3v) is 4.98. The molecule has 1 aromatic carbocycles. The van der Waals surface area contributed by atoms with Crippen LogP contribution in [0.25, 0.3) is 11.3 Å². The van der Waals surface area contributed by atoms with E-state index in [1.807, 2.05) is 12.1 Å². The molecule has 1 atom stereocenters. The molecule has 0 bridgehead atoms. The normalized spacial score (nSPS) is 17.6. The monoisotopic (exact) mass is 303 g/mol. The Morgan fingerprint density at radius 1 is 1.24 bits per heavy atom. The Bertz CT molecular complexity index is 575. The van der Waals surface area contributed by atoms with Gasteiger partial charge in [-0.05, 0) is 31.2 Å². The topological polar surface area (TPSA) is 37.4 Å². The van der Waals surface area contributed by atoms with Crippen molar-refractivity contribution in [3.8, 4) is 17.0 Å². The van der Waals surface area contributed by atoms with Crippen LogP contribution >= 0.6 is 11.3 Å². The molecule has 3 rings (SSSR count). The van der Waals surface area contributed by atoms with E-state index in [-0.39, 0.29) is 0 Å². The first kappa shape index (κ1) is 14.5. The van der Waals surface area contributed by atoms with Crippen molar-refractivity contribution < 1.29 is 4.74 Å². The molecular formula is C16H21N3OS. The van der Waals surface area contributed by atoms with Crippen LogP contribution in [0, 0.1) is 0 Å². The smallest absolute Gasteiger partial charge is 0.118 e. The lowest BCUT2D eigenvalue weighted by Crippen LogP contribution is -2.44. The Balaban J connectivity index is 1.75. The van der Waals surface area contributed by atoms with Crippen LogP contribution in [0.5, 0.6) is 5.75 Å². The fraction of sp³-hybridized carbons (Fsp3) is 0.438. The third kappa shape index (κ3) is 3.26. The van der Waals surface area contributed by atoms with E-state index in [1.54, 1.807) is 18.4 Å². The summed E-state index contributed by atoms with van der Waals surface area (Å²) >= 11 is 1.75. The van der Waals surface area contributed by atoms with E-state index in [4.69, 9.17) is 9.72 Å². The van der Waals surface area contributed by atoms with E-state index in [2.05, 4.69) is 34.7 Å². The van der Waals surface area contributed by atoms with E-state index in [1.165, 1.54) is 5.01 Å². The summed E-state index contributed by atoms with van der Waals surface area (Å²) in [6, 6.07) is 8.48. The molecule has 2 aromatic rings. The highest BCUT2D eigenvalue weighted by atomic mass is 32.1. The summed E-state index contributed by atoms with van der Waals surface area (Å²) < 4.78 is 5.20. The van der Waals surface area contributed by atoms with E-state index < -0.39 is 0 Å². The van der Waals surface area contributed by atoms with Crippen molar-refractivity contribution in [3.63, 3.8) is 0 Å². The minimum Gasteiger partial charge on any atom is -0.497 e. The third-order valence-electron chi connectivity index (χ3n) is 3.96. The summed E-state index contributed by atoms with van der Waals surface area (Å²) in [6.07, 6.45) is 0. The number of ether oxygens (including phenoxy) is 1. The highest BCUT2D eigenvalue weighted by molar-refractivity contribution is 7.10. The highest BCUT2D eigenvalue weighted by Gasteiger charge is 2.20. The number of methoxy groups -OCH3 is 1. The molecule has 0 saturated carbocycles. The van der Waals surface area contributed by atoms with E-state index in [9.17, 15) is 0 Å². The number of nitrogens with one attached hydrogen (secondary N) is 1. The lowest BCUT2D eigenvalue weighted by Gasteiger charge is -2.31. The van der Waals surface area contributed by atoms with Gasteiger partial charge in [0, 0.05) is 37.1 Å². The SMILES string of the molecule is COc1ccc(-c2csc(C(C)N3CCNCC3)n2)cc1. The Kier molecular flexibility index (Phi) is 4.53. The van der Waals surface area contributed by atoms with Crippen molar-refractivity contribution in [1.29, 1.82) is 0 Å². The van der Waals surface area contributed by atoms with E-state index in [0.717, 1.165) is 43.2 Å². The second-order valence-electron chi connectivity index (χ2n) is 5.26. The van der Waals surface area contributed by atoms with Crippen molar-refractivity contribution >= 4 is 11.3 Å². The molecule has 2 heterocycles. The van der Waals surface area contributed by atoms with Gasteiger partial charge in [0.2, 0.25) is 0 Å². The molecule has 0 aliphatic carbocycles. The van der Waals surface area contributed by atoms with Gasteiger partial charge < -0.3 is 10.1 Å². The lowest BCUT2D eigenvalue weighted by molar-refractivity contribution is 0.185. The maximum Gasteiger partial charge on any atom is 0.118 e. The quantitative estimate of drug-likeness (QED) is 0.942. The summed E-state index contributed by atoms with van der Waals surface area (Å²) in [5.74, 6) is 0.878. The molecule has 0 spiro atoms. The van der Waals surface area contributed by atoms with Crippen molar-refractivity contribution in [2.24, 2.45) is 0 Å². The number of aromatic nitrogens is 1.